The lowest BCUT2D eigenvalue weighted by Crippen LogP contribution is -2.36. The average molecular weight is 412 g/mol. The van der Waals surface area contributed by atoms with Gasteiger partial charge < -0.3 is 10.6 Å². The van der Waals surface area contributed by atoms with Crippen LogP contribution in [0.2, 0.25) is 5.02 Å². The molecule has 0 unspecified atom stereocenters. The molecule has 2 aromatic carbocycles. The lowest BCUT2D eigenvalue weighted by Gasteiger charge is -2.16. The van der Waals surface area contributed by atoms with E-state index in [1.807, 2.05) is 37.3 Å². The van der Waals surface area contributed by atoms with E-state index in [0.717, 1.165) is 11.4 Å². The van der Waals surface area contributed by atoms with Gasteiger partial charge in [-0.2, -0.15) is 5.10 Å². The van der Waals surface area contributed by atoms with Crippen molar-refractivity contribution in [3.05, 3.63) is 71.4 Å². The first-order valence-corrected chi connectivity index (χ1v) is 9.44. The summed E-state index contributed by atoms with van der Waals surface area (Å²) in [6.07, 6.45) is 0. The zero-order chi connectivity index (χ0) is 20.8. The van der Waals surface area contributed by atoms with E-state index in [-0.39, 0.29) is 24.9 Å². The molecule has 7 nitrogen and oxygen atoms in total. The molecular formula is C21H22ClN5O2. The molecule has 0 spiro atoms. The fraction of sp³-hybridized carbons (Fsp3) is 0.190. The molecule has 0 atom stereocenters. The van der Waals surface area contributed by atoms with Crippen LogP contribution in [0.3, 0.4) is 0 Å². The van der Waals surface area contributed by atoms with Gasteiger partial charge in [0.1, 0.15) is 5.82 Å². The van der Waals surface area contributed by atoms with Gasteiger partial charge in [-0.15, -0.1) is 0 Å². The molecule has 3 aromatic rings. The SMILES string of the molecule is Cc1cc(NC(=O)CN(C)CC(=O)Nc2ccc(Cl)cc2)n(-c2ccccc2)n1. The first kappa shape index (κ1) is 20.6. The molecule has 0 aliphatic rings. The van der Waals surface area contributed by atoms with Crippen LogP contribution in [0.4, 0.5) is 11.5 Å². The van der Waals surface area contributed by atoms with Crippen LogP contribution in [0.1, 0.15) is 5.69 Å². The quantitative estimate of drug-likeness (QED) is 0.625. The van der Waals surface area contributed by atoms with Crippen LogP contribution >= 0.6 is 11.6 Å². The maximum Gasteiger partial charge on any atom is 0.239 e. The molecule has 0 fully saturated rings. The molecule has 150 valence electrons. The molecular weight excluding hydrogens is 390 g/mol. The molecule has 0 saturated carbocycles. The number of aromatic nitrogens is 2. The lowest BCUT2D eigenvalue weighted by molar-refractivity contribution is -0.119. The Labute approximate surface area is 174 Å². The summed E-state index contributed by atoms with van der Waals surface area (Å²) >= 11 is 5.84. The molecule has 3 rings (SSSR count). The van der Waals surface area contributed by atoms with Crippen LogP contribution in [-0.2, 0) is 9.59 Å². The third-order valence-electron chi connectivity index (χ3n) is 4.05. The Balaban J connectivity index is 1.55. The van der Waals surface area contributed by atoms with Crippen molar-refractivity contribution >= 4 is 34.9 Å². The van der Waals surface area contributed by atoms with E-state index in [4.69, 9.17) is 11.6 Å². The summed E-state index contributed by atoms with van der Waals surface area (Å²) in [7, 11) is 1.71. The second-order valence-electron chi connectivity index (χ2n) is 6.69. The van der Waals surface area contributed by atoms with Crippen LogP contribution in [0.15, 0.2) is 60.7 Å². The highest BCUT2D eigenvalue weighted by atomic mass is 35.5. The van der Waals surface area contributed by atoms with Gasteiger partial charge in [0.25, 0.3) is 0 Å². The normalized spacial score (nSPS) is 10.8. The van der Waals surface area contributed by atoms with Gasteiger partial charge >= 0.3 is 0 Å². The average Bonchev–Trinajstić information content (AvgIpc) is 3.04. The highest BCUT2D eigenvalue weighted by Gasteiger charge is 2.14. The number of carbonyl (C=O) groups excluding carboxylic acids is 2. The summed E-state index contributed by atoms with van der Waals surface area (Å²) in [6, 6.07) is 18.2. The van der Waals surface area contributed by atoms with Crippen LogP contribution in [0.5, 0.6) is 0 Å². The van der Waals surface area contributed by atoms with Crippen molar-refractivity contribution in [2.45, 2.75) is 6.92 Å². The summed E-state index contributed by atoms with van der Waals surface area (Å²) < 4.78 is 1.68. The molecule has 2 amide bonds. The maximum absolute atomic E-state index is 12.5. The summed E-state index contributed by atoms with van der Waals surface area (Å²) in [5, 5.41) is 10.7. The van der Waals surface area contributed by atoms with Crippen LogP contribution < -0.4 is 10.6 Å². The summed E-state index contributed by atoms with van der Waals surface area (Å²) in [6.45, 7) is 2.00. The predicted octanol–water partition coefficient (Wildman–Crippen LogP) is 3.34. The van der Waals surface area contributed by atoms with Crippen molar-refractivity contribution in [1.29, 1.82) is 0 Å². The second-order valence-corrected chi connectivity index (χ2v) is 7.13. The number of likely N-dealkylation sites (N-methyl/N-ethyl adjacent to an activating group) is 1. The van der Waals surface area contributed by atoms with Gasteiger partial charge in [0.05, 0.1) is 24.5 Å². The number of nitrogens with zero attached hydrogens (tertiary/aromatic N) is 3. The molecule has 29 heavy (non-hydrogen) atoms. The minimum Gasteiger partial charge on any atom is -0.325 e. The Morgan fingerprint density at radius 1 is 1.00 bits per heavy atom. The number of benzene rings is 2. The van der Waals surface area contributed by atoms with E-state index in [0.29, 0.717) is 16.5 Å². The third kappa shape index (κ3) is 5.91. The fourth-order valence-corrected chi connectivity index (χ4v) is 2.94. The maximum atomic E-state index is 12.5. The van der Waals surface area contributed by atoms with Crippen LogP contribution in [0.25, 0.3) is 5.69 Å². The van der Waals surface area contributed by atoms with E-state index >= 15 is 0 Å². The Hall–Kier alpha value is -3.16. The van der Waals surface area contributed by atoms with E-state index in [2.05, 4.69) is 15.7 Å². The number of nitrogens with one attached hydrogen (secondary N) is 2. The minimum atomic E-state index is -0.233. The van der Waals surface area contributed by atoms with E-state index in [1.54, 1.807) is 47.0 Å². The van der Waals surface area contributed by atoms with Gasteiger partial charge in [-0.1, -0.05) is 29.8 Å². The van der Waals surface area contributed by atoms with Gasteiger partial charge in [-0.3, -0.25) is 14.5 Å². The summed E-state index contributed by atoms with van der Waals surface area (Å²) in [5.41, 5.74) is 2.30. The number of hydrogen-bond acceptors (Lipinski definition) is 4. The van der Waals surface area contributed by atoms with Gasteiger partial charge in [-0.05, 0) is 50.4 Å². The monoisotopic (exact) mass is 411 g/mol. The smallest absolute Gasteiger partial charge is 0.239 e. The first-order chi connectivity index (χ1) is 13.9. The van der Waals surface area contributed by atoms with Gasteiger partial charge in [0.15, 0.2) is 0 Å². The topological polar surface area (TPSA) is 79.3 Å². The first-order valence-electron chi connectivity index (χ1n) is 9.06. The number of amides is 2. The van der Waals surface area contributed by atoms with Crippen molar-refractivity contribution in [1.82, 2.24) is 14.7 Å². The molecule has 0 aliphatic heterocycles. The standard InChI is InChI=1S/C21H22ClN5O2/c1-15-12-19(27(25-15)18-6-4-3-5-7-18)24-21(29)14-26(2)13-20(28)23-17-10-8-16(22)9-11-17/h3-12H,13-14H2,1-2H3,(H,23,28)(H,24,29). The molecule has 0 aliphatic carbocycles. The Morgan fingerprint density at radius 3 is 2.28 bits per heavy atom. The number of carbonyl (C=O) groups is 2. The van der Waals surface area contributed by atoms with Crippen LogP contribution in [0, 0.1) is 6.92 Å². The van der Waals surface area contributed by atoms with E-state index < -0.39 is 0 Å². The van der Waals surface area contributed by atoms with Gasteiger partial charge in [0.2, 0.25) is 11.8 Å². The van der Waals surface area contributed by atoms with Crippen molar-refractivity contribution in [3.8, 4) is 5.69 Å². The van der Waals surface area contributed by atoms with Crippen LogP contribution in [-0.4, -0.2) is 46.6 Å². The molecule has 2 N–H and O–H groups in total. The molecule has 0 saturated heterocycles. The zero-order valence-electron chi connectivity index (χ0n) is 16.2. The zero-order valence-corrected chi connectivity index (χ0v) is 17.0. The summed E-state index contributed by atoms with van der Waals surface area (Å²) in [4.78, 5) is 26.2. The number of rotatable bonds is 7. The number of anilines is 2. The Kier molecular flexibility index (Phi) is 6.64. The number of para-hydroxylation sites is 1. The largest absolute Gasteiger partial charge is 0.325 e. The van der Waals surface area contributed by atoms with Crippen molar-refractivity contribution in [3.63, 3.8) is 0 Å². The van der Waals surface area contributed by atoms with Crippen molar-refractivity contribution in [2.75, 3.05) is 30.8 Å². The predicted molar refractivity (Wildman–Crippen MR) is 115 cm³/mol. The third-order valence-corrected chi connectivity index (χ3v) is 4.31. The number of hydrogen-bond donors (Lipinski definition) is 2. The number of halogens is 1. The molecule has 0 radical (unpaired) electrons. The Morgan fingerprint density at radius 2 is 1.62 bits per heavy atom. The second kappa shape index (κ2) is 9.36. The summed E-state index contributed by atoms with van der Waals surface area (Å²) in [5.74, 6) is 0.134. The molecule has 1 heterocycles. The van der Waals surface area contributed by atoms with E-state index in [9.17, 15) is 9.59 Å². The molecule has 0 bridgehead atoms. The molecule has 8 heteroatoms. The van der Waals surface area contributed by atoms with Crippen molar-refractivity contribution < 1.29 is 9.59 Å². The fourth-order valence-electron chi connectivity index (χ4n) is 2.82. The number of aryl methyl sites for hydroxylation is 1. The van der Waals surface area contributed by atoms with E-state index in [1.165, 1.54) is 0 Å². The minimum absolute atomic E-state index is 0.0626. The lowest BCUT2D eigenvalue weighted by atomic mass is 10.3. The van der Waals surface area contributed by atoms with Crippen molar-refractivity contribution in [2.24, 2.45) is 0 Å². The highest BCUT2D eigenvalue weighted by molar-refractivity contribution is 6.30. The highest BCUT2D eigenvalue weighted by Crippen LogP contribution is 2.17. The Bertz CT molecular complexity index is 986. The molecule has 1 aromatic heterocycles. The van der Waals surface area contributed by atoms with Gasteiger partial charge in [-0.25, -0.2) is 4.68 Å². The van der Waals surface area contributed by atoms with Gasteiger partial charge in [0, 0.05) is 16.8 Å².